The Morgan fingerprint density at radius 1 is 1.00 bits per heavy atom. The summed E-state index contributed by atoms with van der Waals surface area (Å²) in [5.74, 6) is 6.92. The van der Waals surface area contributed by atoms with E-state index < -0.39 is 0 Å². The van der Waals surface area contributed by atoms with Gasteiger partial charge in [-0.1, -0.05) is 59.8 Å². The molecule has 0 unspecified atom stereocenters. The van der Waals surface area contributed by atoms with Crippen molar-refractivity contribution in [1.82, 2.24) is 19.8 Å². The fourth-order valence-corrected chi connectivity index (χ4v) is 4.40. The lowest BCUT2D eigenvalue weighted by molar-refractivity contribution is -0.130. The number of para-hydroxylation sites is 1. The lowest BCUT2D eigenvalue weighted by Crippen LogP contribution is -2.50. The van der Waals surface area contributed by atoms with Crippen molar-refractivity contribution in [3.05, 3.63) is 60.2 Å². The van der Waals surface area contributed by atoms with E-state index in [4.69, 9.17) is 5.84 Å². The summed E-state index contributed by atoms with van der Waals surface area (Å²) in [5, 5.41) is 8.68. The lowest BCUT2D eigenvalue weighted by atomic mass is 10.1. The first kappa shape index (κ1) is 20.3. The first-order valence-electron chi connectivity index (χ1n) is 10.1. The highest BCUT2D eigenvalue weighted by molar-refractivity contribution is 8.00. The van der Waals surface area contributed by atoms with Crippen molar-refractivity contribution in [2.45, 2.75) is 24.3 Å². The van der Waals surface area contributed by atoms with Gasteiger partial charge in [0.2, 0.25) is 11.1 Å². The number of amides is 1. The molecule has 156 valence electrons. The number of aryl methyl sites for hydroxylation is 1. The number of carbonyl (C=O) groups excluding carboxylic acids is 1. The molecular formula is C22H26N6OS. The van der Waals surface area contributed by atoms with Crippen LogP contribution in [0.2, 0.25) is 0 Å². The number of benzene rings is 2. The molecule has 1 aliphatic rings. The Kier molecular flexibility index (Phi) is 5.94. The van der Waals surface area contributed by atoms with Crippen LogP contribution in [0.25, 0.3) is 11.4 Å². The summed E-state index contributed by atoms with van der Waals surface area (Å²) < 4.78 is 1.46. The second-order valence-corrected chi connectivity index (χ2v) is 8.76. The molecule has 1 atom stereocenters. The summed E-state index contributed by atoms with van der Waals surface area (Å²) in [6.07, 6.45) is 0. The third-order valence-corrected chi connectivity index (χ3v) is 6.36. The predicted octanol–water partition coefficient (Wildman–Crippen LogP) is 2.80. The van der Waals surface area contributed by atoms with Gasteiger partial charge in [0.15, 0.2) is 5.82 Å². The Hall–Kier alpha value is -3.00. The van der Waals surface area contributed by atoms with E-state index in [1.165, 1.54) is 27.7 Å². The Balaban J connectivity index is 1.37. The quantitative estimate of drug-likeness (QED) is 0.503. The average molecular weight is 423 g/mol. The number of rotatable bonds is 5. The van der Waals surface area contributed by atoms with Gasteiger partial charge in [-0.3, -0.25) is 4.79 Å². The van der Waals surface area contributed by atoms with Gasteiger partial charge < -0.3 is 15.6 Å². The van der Waals surface area contributed by atoms with Gasteiger partial charge >= 0.3 is 0 Å². The third-order valence-electron chi connectivity index (χ3n) is 5.32. The molecule has 0 aliphatic carbocycles. The zero-order chi connectivity index (χ0) is 21.1. The van der Waals surface area contributed by atoms with Gasteiger partial charge in [-0.25, -0.2) is 4.68 Å². The molecule has 4 rings (SSSR count). The van der Waals surface area contributed by atoms with E-state index in [9.17, 15) is 4.79 Å². The Morgan fingerprint density at radius 2 is 1.67 bits per heavy atom. The average Bonchev–Trinajstić information content (AvgIpc) is 3.14. The van der Waals surface area contributed by atoms with Gasteiger partial charge in [-0.15, -0.1) is 10.2 Å². The first-order valence-corrected chi connectivity index (χ1v) is 10.9. The van der Waals surface area contributed by atoms with Crippen molar-refractivity contribution in [2.24, 2.45) is 0 Å². The van der Waals surface area contributed by atoms with Gasteiger partial charge in [-0.05, 0) is 26.0 Å². The highest BCUT2D eigenvalue weighted by atomic mass is 32.2. The number of hydrogen-bond donors (Lipinski definition) is 1. The van der Waals surface area contributed by atoms with E-state index in [1.807, 2.05) is 61.2 Å². The Bertz CT molecular complexity index is 996. The molecule has 2 heterocycles. The van der Waals surface area contributed by atoms with Crippen LogP contribution >= 0.6 is 11.8 Å². The largest absolute Gasteiger partial charge is 0.368 e. The third kappa shape index (κ3) is 4.28. The number of aromatic nitrogens is 3. The SMILES string of the molecule is Cc1ccc(-c2nnc(S[C@H](C)C(=O)N3CCN(c4ccccc4)CC3)n2N)cc1. The van der Waals surface area contributed by atoms with E-state index in [1.54, 1.807) is 0 Å². The second kappa shape index (κ2) is 8.79. The number of carbonyl (C=O) groups is 1. The van der Waals surface area contributed by atoms with Gasteiger partial charge in [0.25, 0.3) is 0 Å². The number of nitrogens with two attached hydrogens (primary N) is 1. The molecule has 30 heavy (non-hydrogen) atoms. The molecule has 2 N–H and O–H groups in total. The zero-order valence-electron chi connectivity index (χ0n) is 17.2. The Morgan fingerprint density at radius 3 is 2.33 bits per heavy atom. The van der Waals surface area contributed by atoms with E-state index in [-0.39, 0.29) is 11.2 Å². The van der Waals surface area contributed by atoms with Crippen LogP contribution in [0.1, 0.15) is 12.5 Å². The molecule has 0 saturated carbocycles. The molecule has 0 radical (unpaired) electrons. The molecule has 1 amide bonds. The summed E-state index contributed by atoms with van der Waals surface area (Å²) in [7, 11) is 0. The lowest BCUT2D eigenvalue weighted by Gasteiger charge is -2.37. The van der Waals surface area contributed by atoms with Crippen LogP contribution in [0, 0.1) is 6.92 Å². The monoisotopic (exact) mass is 422 g/mol. The van der Waals surface area contributed by atoms with Crippen molar-refractivity contribution in [3.63, 3.8) is 0 Å². The zero-order valence-corrected chi connectivity index (χ0v) is 18.0. The predicted molar refractivity (Wildman–Crippen MR) is 121 cm³/mol. The molecule has 1 aromatic heterocycles. The number of thioether (sulfide) groups is 1. The molecular weight excluding hydrogens is 396 g/mol. The topological polar surface area (TPSA) is 80.3 Å². The van der Waals surface area contributed by atoms with Crippen LogP contribution in [0.3, 0.4) is 0 Å². The van der Waals surface area contributed by atoms with Crippen LogP contribution < -0.4 is 10.7 Å². The smallest absolute Gasteiger partial charge is 0.236 e. The standard InChI is InChI=1S/C22H26N6OS/c1-16-8-10-18(11-9-16)20-24-25-22(28(20)23)30-17(2)21(29)27-14-12-26(13-15-27)19-6-4-3-5-7-19/h3-11,17H,12-15,23H2,1-2H3/t17-/m1/s1. The highest BCUT2D eigenvalue weighted by Crippen LogP contribution is 2.26. The first-order chi connectivity index (χ1) is 14.5. The fourth-order valence-electron chi connectivity index (χ4n) is 3.55. The normalized spacial score (nSPS) is 15.3. The number of nitrogens with zero attached hydrogens (tertiary/aromatic N) is 5. The van der Waals surface area contributed by atoms with Crippen molar-refractivity contribution in [1.29, 1.82) is 0 Å². The van der Waals surface area contributed by atoms with E-state index in [0.29, 0.717) is 24.1 Å². The summed E-state index contributed by atoms with van der Waals surface area (Å²) in [5.41, 5.74) is 3.27. The summed E-state index contributed by atoms with van der Waals surface area (Å²) in [6.45, 7) is 7.02. The molecule has 2 aromatic carbocycles. The van der Waals surface area contributed by atoms with Crippen molar-refractivity contribution < 1.29 is 4.79 Å². The van der Waals surface area contributed by atoms with Crippen molar-refractivity contribution >= 4 is 23.4 Å². The molecule has 1 fully saturated rings. The maximum Gasteiger partial charge on any atom is 0.236 e. The minimum Gasteiger partial charge on any atom is -0.368 e. The van der Waals surface area contributed by atoms with E-state index in [2.05, 4.69) is 27.2 Å². The van der Waals surface area contributed by atoms with Crippen LogP contribution in [-0.4, -0.2) is 57.1 Å². The summed E-state index contributed by atoms with van der Waals surface area (Å²) in [4.78, 5) is 17.2. The molecule has 7 nitrogen and oxygen atoms in total. The van der Waals surface area contributed by atoms with Crippen LogP contribution in [0.15, 0.2) is 59.8 Å². The van der Waals surface area contributed by atoms with E-state index in [0.717, 1.165) is 18.7 Å². The molecule has 1 saturated heterocycles. The molecule has 0 spiro atoms. The summed E-state index contributed by atoms with van der Waals surface area (Å²) >= 11 is 1.35. The molecule has 8 heteroatoms. The number of anilines is 1. The van der Waals surface area contributed by atoms with Gasteiger partial charge in [0, 0.05) is 37.4 Å². The number of hydrogen-bond acceptors (Lipinski definition) is 6. The van der Waals surface area contributed by atoms with Gasteiger partial charge in [0.1, 0.15) is 0 Å². The second-order valence-electron chi connectivity index (χ2n) is 7.45. The highest BCUT2D eigenvalue weighted by Gasteiger charge is 2.27. The minimum atomic E-state index is -0.286. The molecule has 1 aliphatic heterocycles. The van der Waals surface area contributed by atoms with E-state index >= 15 is 0 Å². The maximum atomic E-state index is 13.0. The minimum absolute atomic E-state index is 0.104. The fraction of sp³-hybridized carbons (Fsp3) is 0.318. The van der Waals surface area contributed by atoms with Crippen LogP contribution in [0.5, 0.6) is 0 Å². The summed E-state index contributed by atoms with van der Waals surface area (Å²) in [6, 6.07) is 18.3. The van der Waals surface area contributed by atoms with Gasteiger partial charge in [-0.2, -0.15) is 0 Å². The molecule has 0 bridgehead atoms. The van der Waals surface area contributed by atoms with Gasteiger partial charge in [0.05, 0.1) is 5.25 Å². The van der Waals surface area contributed by atoms with Crippen molar-refractivity contribution in [3.8, 4) is 11.4 Å². The number of piperazine rings is 1. The number of nitrogen functional groups attached to an aromatic ring is 1. The Labute approximate surface area is 180 Å². The maximum absolute atomic E-state index is 13.0. The van der Waals surface area contributed by atoms with Crippen LogP contribution in [-0.2, 0) is 4.79 Å². The van der Waals surface area contributed by atoms with Crippen molar-refractivity contribution in [2.75, 3.05) is 36.9 Å². The molecule has 3 aromatic rings. The van der Waals surface area contributed by atoms with Crippen LogP contribution in [0.4, 0.5) is 5.69 Å².